The first-order valence-electron chi connectivity index (χ1n) is 5.92. The number of nitrogens with zero attached hydrogens (tertiary/aromatic N) is 3. The molecule has 88 valence electrons. The third kappa shape index (κ3) is 3.17. The number of hydrogen-bond acceptors (Lipinski definition) is 4. The van der Waals surface area contributed by atoms with Gasteiger partial charge in [0.25, 0.3) is 0 Å². The maximum absolute atomic E-state index is 4.43. The largest absolute Gasteiger partial charge is 0.358 e. The van der Waals surface area contributed by atoms with Crippen molar-refractivity contribution in [3.05, 3.63) is 17.6 Å². The number of rotatable bonds is 5. The van der Waals surface area contributed by atoms with Gasteiger partial charge in [-0.3, -0.25) is 0 Å². The Balaban J connectivity index is 1.88. The van der Waals surface area contributed by atoms with Gasteiger partial charge in [0, 0.05) is 37.9 Å². The number of aryl methyl sites for hydroxylation is 2. The summed E-state index contributed by atoms with van der Waals surface area (Å²) in [6.07, 6.45) is 2.69. The van der Waals surface area contributed by atoms with E-state index < -0.39 is 0 Å². The van der Waals surface area contributed by atoms with Crippen molar-refractivity contribution in [3.8, 4) is 0 Å². The molecule has 1 fully saturated rings. The molecule has 1 aromatic rings. The van der Waals surface area contributed by atoms with Gasteiger partial charge in [0.2, 0.25) is 0 Å². The normalized spacial score (nSPS) is 15.2. The maximum atomic E-state index is 4.43. The molecule has 0 aromatic carbocycles. The smallest absolute Gasteiger partial charge is 0.132 e. The second-order valence-electron chi connectivity index (χ2n) is 4.56. The van der Waals surface area contributed by atoms with E-state index in [4.69, 9.17) is 0 Å². The third-order valence-electron chi connectivity index (χ3n) is 2.80. The van der Waals surface area contributed by atoms with Crippen LogP contribution in [0.5, 0.6) is 0 Å². The molecule has 1 aromatic heterocycles. The van der Waals surface area contributed by atoms with E-state index >= 15 is 0 Å². The Kier molecular flexibility index (Phi) is 3.39. The van der Waals surface area contributed by atoms with Crippen LogP contribution in [0.1, 0.15) is 24.4 Å². The molecule has 1 heterocycles. The first kappa shape index (κ1) is 11.3. The van der Waals surface area contributed by atoms with Gasteiger partial charge in [-0.1, -0.05) is 0 Å². The molecule has 0 unspecified atom stereocenters. The summed E-state index contributed by atoms with van der Waals surface area (Å²) in [4.78, 5) is 10.9. The summed E-state index contributed by atoms with van der Waals surface area (Å²) in [6, 6.07) is 2.81. The molecule has 1 saturated carbocycles. The third-order valence-corrected chi connectivity index (χ3v) is 2.80. The second-order valence-corrected chi connectivity index (χ2v) is 4.56. The minimum absolute atomic E-state index is 0.780. The number of anilines is 1. The van der Waals surface area contributed by atoms with Crippen LogP contribution < -0.4 is 10.2 Å². The van der Waals surface area contributed by atoms with Crippen molar-refractivity contribution < 1.29 is 0 Å². The summed E-state index contributed by atoms with van der Waals surface area (Å²) in [5.41, 5.74) is 1.03. The van der Waals surface area contributed by atoms with Crippen molar-refractivity contribution in [3.63, 3.8) is 0 Å². The van der Waals surface area contributed by atoms with Gasteiger partial charge in [-0.15, -0.1) is 0 Å². The van der Waals surface area contributed by atoms with E-state index in [0.717, 1.165) is 36.5 Å². The van der Waals surface area contributed by atoms with Gasteiger partial charge in [0.05, 0.1) is 0 Å². The van der Waals surface area contributed by atoms with E-state index in [1.807, 2.05) is 19.9 Å². The van der Waals surface area contributed by atoms with Gasteiger partial charge in [-0.05, 0) is 26.7 Å². The molecule has 16 heavy (non-hydrogen) atoms. The summed E-state index contributed by atoms with van der Waals surface area (Å²) in [5, 5.41) is 3.50. The zero-order chi connectivity index (χ0) is 11.5. The summed E-state index contributed by atoms with van der Waals surface area (Å²) < 4.78 is 0. The fourth-order valence-corrected chi connectivity index (χ4v) is 1.73. The molecular formula is C12H20N4. The van der Waals surface area contributed by atoms with Crippen LogP contribution in [0.2, 0.25) is 0 Å². The summed E-state index contributed by atoms with van der Waals surface area (Å²) in [6.45, 7) is 5.97. The molecule has 0 saturated heterocycles. The average molecular weight is 220 g/mol. The lowest BCUT2D eigenvalue weighted by Crippen LogP contribution is -2.30. The van der Waals surface area contributed by atoms with Crippen molar-refractivity contribution in [2.45, 2.75) is 32.7 Å². The zero-order valence-electron chi connectivity index (χ0n) is 10.3. The minimum Gasteiger partial charge on any atom is -0.358 e. The van der Waals surface area contributed by atoms with E-state index in [1.165, 1.54) is 12.8 Å². The van der Waals surface area contributed by atoms with Crippen molar-refractivity contribution >= 4 is 5.82 Å². The van der Waals surface area contributed by atoms with Gasteiger partial charge in [-0.25, -0.2) is 9.97 Å². The number of nitrogens with one attached hydrogen (secondary N) is 1. The number of aromatic nitrogens is 2. The van der Waals surface area contributed by atoms with Crippen LogP contribution in [0.25, 0.3) is 0 Å². The minimum atomic E-state index is 0.780. The molecule has 0 spiro atoms. The van der Waals surface area contributed by atoms with Gasteiger partial charge in [0.1, 0.15) is 11.6 Å². The van der Waals surface area contributed by atoms with Crippen LogP contribution in [-0.4, -0.2) is 36.1 Å². The van der Waals surface area contributed by atoms with Gasteiger partial charge >= 0.3 is 0 Å². The van der Waals surface area contributed by atoms with Crippen LogP contribution in [0, 0.1) is 13.8 Å². The number of hydrogen-bond donors (Lipinski definition) is 1. The average Bonchev–Trinajstić information content (AvgIpc) is 3.00. The number of likely N-dealkylation sites (N-methyl/N-ethyl adjacent to an activating group) is 1. The summed E-state index contributed by atoms with van der Waals surface area (Å²) >= 11 is 0. The molecule has 4 heteroatoms. The topological polar surface area (TPSA) is 41.0 Å². The van der Waals surface area contributed by atoms with E-state index in [0.29, 0.717) is 0 Å². The Morgan fingerprint density at radius 3 is 2.75 bits per heavy atom. The SMILES string of the molecule is Cc1cc(N(C)CCNC2CC2)nc(C)n1. The van der Waals surface area contributed by atoms with Crippen LogP contribution in [0.4, 0.5) is 5.82 Å². The quantitative estimate of drug-likeness (QED) is 0.811. The molecule has 0 radical (unpaired) electrons. The van der Waals surface area contributed by atoms with E-state index in [2.05, 4.69) is 27.2 Å². The predicted molar refractivity (Wildman–Crippen MR) is 65.8 cm³/mol. The second kappa shape index (κ2) is 4.78. The molecule has 1 aliphatic rings. The lowest BCUT2D eigenvalue weighted by atomic mass is 10.4. The van der Waals surface area contributed by atoms with E-state index in [-0.39, 0.29) is 0 Å². The Morgan fingerprint density at radius 2 is 2.12 bits per heavy atom. The van der Waals surface area contributed by atoms with Gasteiger partial charge in [0.15, 0.2) is 0 Å². The lowest BCUT2D eigenvalue weighted by molar-refractivity contribution is 0.671. The molecule has 0 aliphatic heterocycles. The Bertz CT molecular complexity index is 340. The first-order valence-corrected chi connectivity index (χ1v) is 5.92. The highest BCUT2D eigenvalue weighted by Crippen LogP contribution is 2.18. The molecule has 0 amide bonds. The summed E-state index contributed by atoms with van der Waals surface area (Å²) in [5.74, 6) is 1.86. The van der Waals surface area contributed by atoms with Gasteiger partial charge in [-0.2, -0.15) is 0 Å². The van der Waals surface area contributed by atoms with Crippen molar-refractivity contribution in [1.29, 1.82) is 0 Å². The maximum Gasteiger partial charge on any atom is 0.132 e. The molecule has 2 rings (SSSR count). The summed E-state index contributed by atoms with van der Waals surface area (Å²) in [7, 11) is 2.08. The van der Waals surface area contributed by atoms with Crippen molar-refractivity contribution in [2.75, 3.05) is 25.0 Å². The Hall–Kier alpha value is -1.16. The first-order chi connectivity index (χ1) is 7.65. The fourth-order valence-electron chi connectivity index (χ4n) is 1.73. The zero-order valence-corrected chi connectivity index (χ0v) is 10.3. The highest BCUT2D eigenvalue weighted by molar-refractivity contribution is 5.38. The lowest BCUT2D eigenvalue weighted by Gasteiger charge is -2.19. The Morgan fingerprint density at radius 1 is 1.38 bits per heavy atom. The molecule has 1 aliphatic carbocycles. The monoisotopic (exact) mass is 220 g/mol. The predicted octanol–water partition coefficient (Wildman–Crippen LogP) is 1.28. The highest BCUT2D eigenvalue weighted by atomic mass is 15.2. The molecular weight excluding hydrogens is 200 g/mol. The molecule has 4 nitrogen and oxygen atoms in total. The van der Waals surface area contributed by atoms with Crippen LogP contribution in [0.15, 0.2) is 6.07 Å². The molecule has 0 bridgehead atoms. The van der Waals surface area contributed by atoms with Crippen molar-refractivity contribution in [2.24, 2.45) is 0 Å². The van der Waals surface area contributed by atoms with Crippen LogP contribution in [-0.2, 0) is 0 Å². The van der Waals surface area contributed by atoms with Gasteiger partial charge < -0.3 is 10.2 Å². The van der Waals surface area contributed by atoms with E-state index in [1.54, 1.807) is 0 Å². The van der Waals surface area contributed by atoms with Crippen molar-refractivity contribution in [1.82, 2.24) is 15.3 Å². The van der Waals surface area contributed by atoms with Crippen LogP contribution >= 0.6 is 0 Å². The van der Waals surface area contributed by atoms with Crippen LogP contribution in [0.3, 0.4) is 0 Å². The molecule has 1 N–H and O–H groups in total. The fraction of sp³-hybridized carbons (Fsp3) is 0.667. The molecule has 0 atom stereocenters. The highest BCUT2D eigenvalue weighted by Gasteiger charge is 2.19. The van der Waals surface area contributed by atoms with E-state index in [9.17, 15) is 0 Å². The Labute approximate surface area is 97.1 Å². The standard InChI is InChI=1S/C12H20N4/c1-9-8-12(15-10(2)14-9)16(3)7-6-13-11-4-5-11/h8,11,13H,4-7H2,1-3H3.